The molecule has 0 aromatic heterocycles. The van der Waals surface area contributed by atoms with E-state index in [-0.39, 0.29) is 5.91 Å². The fourth-order valence-electron chi connectivity index (χ4n) is 3.48. The van der Waals surface area contributed by atoms with Crippen molar-refractivity contribution in [2.24, 2.45) is 5.92 Å². The van der Waals surface area contributed by atoms with Crippen LogP contribution in [0, 0.1) is 5.92 Å². The lowest BCUT2D eigenvalue weighted by atomic mass is 10.0. The summed E-state index contributed by atoms with van der Waals surface area (Å²) in [6, 6.07) is 3.59. The van der Waals surface area contributed by atoms with E-state index < -0.39 is 0 Å². The molecule has 1 aliphatic carbocycles. The van der Waals surface area contributed by atoms with E-state index in [0.29, 0.717) is 23.5 Å². The number of hydrogen-bond acceptors (Lipinski definition) is 3. The van der Waals surface area contributed by atoms with Crippen molar-refractivity contribution in [3.05, 3.63) is 35.9 Å². The van der Waals surface area contributed by atoms with Crippen LogP contribution in [0.5, 0.6) is 11.5 Å². The molecule has 0 aliphatic heterocycles. The smallest absolute Gasteiger partial charge is 0.251 e. The van der Waals surface area contributed by atoms with Crippen molar-refractivity contribution in [3.8, 4) is 11.5 Å². The van der Waals surface area contributed by atoms with E-state index >= 15 is 0 Å². The standard InChI is InChI=1S/C20H29NO3/c1-4-8-16-13-17(14-18(23-2)19(16)24-3)20(22)21-12-7-11-15-9-5-6-10-15/h4,13-15H,1,5-12H2,2-3H3,(H,21,22). The van der Waals surface area contributed by atoms with Crippen LogP contribution in [0.2, 0.25) is 0 Å². The van der Waals surface area contributed by atoms with Gasteiger partial charge in [-0.1, -0.05) is 31.8 Å². The summed E-state index contributed by atoms with van der Waals surface area (Å²) in [5.41, 5.74) is 1.51. The molecule has 2 rings (SSSR count). The van der Waals surface area contributed by atoms with E-state index in [1.54, 1.807) is 26.4 Å². The number of methoxy groups -OCH3 is 2. The van der Waals surface area contributed by atoms with E-state index in [2.05, 4.69) is 11.9 Å². The maximum absolute atomic E-state index is 12.4. The molecule has 0 radical (unpaired) electrons. The maximum Gasteiger partial charge on any atom is 0.251 e. The normalized spacial score (nSPS) is 14.4. The summed E-state index contributed by atoms with van der Waals surface area (Å²) in [5.74, 6) is 2.04. The molecule has 0 saturated heterocycles. The molecule has 1 N–H and O–H groups in total. The minimum absolute atomic E-state index is 0.0623. The molecule has 1 aromatic rings. The number of nitrogens with one attached hydrogen (secondary N) is 1. The van der Waals surface area contributed by atoms with E-state index in [0.717, 1.165) is 24.4 Å². The Bertz CT molecular complexity index is 562. The van der Waals surface area contributed by atoms with Crippen molar-refractivity contribution in [2.75, 3.05) is 20.8 Å². The van der Waals surface area contributed by atoms with Crippen molar-refractivity contribution in [1.82, 2.24) is 5.32 Å². The van der Waals surface area contributed by atoms with Crippen LogP contribution in [0.15, 0.2) is 24.8 Å². The molecule has 1 amide bonds. The van der Waals surface area contributed by atoms with Crippen LogP contribution in [0.4, 0.5) is 0 Å². The first-order valence-corrected chi connectivity index (χ1v) is 8.83. The van der Waals surface area contributed by atoms with Crippen LogP contribution >= 0.6 is 0 Å². The summed E-state index contributed by atoms with van der Waals surface area (Å²) in [5, 5.41) is 3.02. The molecule has 1 aliphatic rings. The topological polar surface area (TPSA) is 47.6 Å². The van der Waals surface area contributed by atoms with E-state index in [1.807, 2.05) is 6.07 Å². The van der Waals surface area contributed by atoms with Gasteiger partial charge in [0.15, 0.2) is 11.5 Å². The molecule has 4 nitrogen and oxygen atoms in total. The molecule has 4 heteroatoms. The second kappa shape index (κ2) is 9.36. The first-order valence-electron chi connectivity index (χ1n) is 8.83. The van der Waals surface area contributed by atoms with Crippen LogP contribution in [-0.4, -0.2) is 26.7 Å². The highest BCUT2D eigenvalue weighted by Gasteiger charge is 2.16. The van der Waals surface area contributed by atoms with Gasteiger partial charge in [-0.15, -0.1) is 6.58 Å². The first-order chi connectivity index (χ1) is 11.7. The molecule has 132 valence electrons. The fourth-order valence-corrected chi connectivity index (χ4v) is 3.48. The highest BCUT2D eigenvalue weighted by Crippen LogP contribution is 2.33. The Balaban J connectivity index is 1.97. The summed E-state index contributed by atoms with van der Waals surface area (Å²) < 4.78 is 10.8. The van der Waals surface area contributed by atoms with Crippen LogP contribution < -0.4 is 14.8 Å². The van der Waals surface area contributed by atoms with Gasteiger partial charge in [0.25, 0.3) is 5.91 Å². The average molecular weight is 331 g/mol. The predicted molar refractivity (Wildman–Crippen MR) is 97.0 cm³/mol. The summed E-state index contributed by atoms with van der Waals surface area (Å²) in [6.07, 6.45) is 10.1. The molecule has 1 aromatic carbocycles. The number of rotatable bonds is 9. The molecule has 0 atom stereocenters. The third kappa shape index (κ3) is 4.76. The molecule has 0 spiro atoms. The monoisotopic (exact) mass is 331 g/mol. The van der Waals surface area contributed by atoms with Crippen LogP contribution in [0.1, 0.15) is 54.4 Å². The van der Waals surface area contributed by atoms with Crippen LogP contribution in [0.3, 0.4) is 0 Å². The van der Waals surface area contributed by atoms with Crippen LogP contribution in [-0.2, 0) is 6.42 Å². The van der Waals surface area contributed by atoms with Crippen molar-refractivity contribution < 1.29 is 14.3 Å². The second-order valence-corrected chi connectivity index (χ2v) is 6.41. The van der Waals surface area contributed by atoms with Crippen molar-refractivity contribution >= 4 is 5.91 Å². The summed E-state index contributed by atoms with van der Waals surface area (Å²) in [6.45, 7) is 4.49. The third-order valence-corrected chi connectivity index (χ3v) is 4.73. The average Bonchev–Trinajstić information content (AvgIpc) is 3.11. The van der Waals surface area contributed by atoms with Crippen LogP contribution in [0.25, 0.3) is 0 Å². The number of allylic oxidation sites excluding steroid dienone is 1. The lowest BCUT2D eigenvalue weighted by Crippen LogP contribution is -2.25. The Morgan fingerprint density at radius 1 is 1.29 bits per heavy atom. The van der Waals surface area contributed by atoms with Gasteiger partial charge in [-0.25, -0.2) is 0 Å². The molecule has 0 bridgehead atoms. The van der Waals surface area contributed by atoms with Gasteiger partial charge in [0.1, 0.15) is 0 Å². The minimum Gasteiger partial charge on any atom is -0.493 e. The number of amides is 1. The number of carbonyl (C=O) groups excluding carboxylic acids is 1. The Hall–Kier alpha value is -1.97. The zero-order valence-corrected chi connectivity index (χ0v) is 14.9. The highest BCUT2D eigenvalue weighted by atomic mass is 16.5. The van der Waals surface area contributed by atoms with Gasteiger partial charge >= 0.3 is 0 Å². The van der Waals surface area contributed by atoms with Gasteiger partial charge in [0, 0.05) is 17.7 Å². The largest absolute Gasteiger partial charge is 0.493 e. The Morgan fingerprint density at radius 2 is 2.04 bits per heavy atom. The van der Waals surface area contributed by atoms with Gasteiger partial charge in [-0.05, 0) is 37.3 Å². The Morgan fingerprint density at radius 3 is 2.67 bits per heavy atom. The quantitative estimate of drug-likeness (QED) is 0.546. The minimum atomic E-state index is -0.0623. The van der Waals surface area contributed by atoms with Gasteiger partial charge in [0.05, 0.1) is 14.2 Å². The molecule has 24 heavy (non-hydrogen) atoms. The molecule has 0 heterocycles. The first kappa shape index (κ1) is 18.4. The number of benzene rings is 1. The Labute approximate surface area is 145 Å². The number of ether oxygens (including phenoxy) is 2. The maximum atomic E-state index is 12.4. The van der Waals surface area contributed by atoms with E-state index in [4.69, 9.17) is 9.47 Å². The van der Waals surface area contributed by atoms with Gasteiger partial charge in [-0.2, -0.15) is 0 Å². The zero-order chi connectivity index (χ0) is 17.4. The number of carbonyl (C=O) groups is 1. The molecule has 1 fully saturated rings. The zero-order valence-electron chi connectivity index (χ0n) is 14.9. The highest BCUT2D eigenvalue weighted by molar-refractivity contribution is 5.95. The SMILES string of the molecule is C=CCc1cc(C(=O)NCCCC2CCCC2)cc(OC)c1OC. The van der Waals surface area contributed by atoms with E-state index in [1.165, 1.54) is 32.1 Å². The summed E-state index contributed by atoms with van der Waals surface area (Å²) in [4.78, 5) is 12.4. The fraction of sp³-hybridized carbons (Fsp3) is 0.550. The predicted octanol–water partition coefficient (Wildman–Crippen LogP) is 4.13. The van der Waals surface area contributed by atoms with Gasteiger partial charge in [-0.3, -0.25) is 4.79 Å². The Kier molecular flexibility index (Phi) is 7.16. The van der Waals surface area contributed by atoms with Crippen molar-refractivity contribution in [2.45, 2.75) is 44.9 Å². The molecular weight excluding hydrogens is 302 g/mol. The van der Waals surface area contributed by atoms with Crippen molar-refractivity contribution in [3.63, 3.8) is 0 Å². The van der Waals surface area contributed by atoms with Crippen molar-refractivity contribution in [1.29, 1.82) is 0 Å². The summed E-state index contributed by atoms with van der Waals surface area (Å²) >= 11 is 0. The third-order valence-electron chi connectivity index (χ3n) is 4.73. The summed E-state index contributed by atoms with van der Waals surface area (Å²) in [7, 11) is 3.19. The van der Waals surface area contributed by atoms with Gasteiger partial charge < -0.3 is 14.8 Å². The molecule has 0 unspecified atom stereocenters. The lowest BCUT2D eigenvalue weighted by Gasteiger charge is -2.14. The molecule has 1 saturated carbocycles. The molecular formula is C20H29NO3. The second-order valence-electron chi connectivity index (χ2n) is 6.41. The lowest BCUT2D eigenvalue weighted by molar-refractivity contribution is 0.0952. The van der Waals surface area contributed by atoms with Gasteiger partial charge in [0.2, 0.25) is 0 Å². The number of hydrogen-bond donors (Lipinski definition) is 1. The van der Waals surface area contributed by atoms with E-state index in [9.17, 15) is 4.79 Å².